The summed E-state index contributed by atoms with van der Waals surface area (Å²) in [5, 5.41) is 6.61. The minimum atomic E-state index is 0.484. The molecular weight excluding hydrogens is 392 g/mol. The van der Waals surface area contributed by atoms with Crippen molar-refractivity contribution in [3.05, 3.63) is 83.6 Å². The lowest BCUT2D eigenvalue weighted by Crippen LogP contribution is -2.36. The third-order valence-electron chi connectivity index (χ3n) is 4.65. The van der Waals surface area contributed by atoms with Crippen LogP contribution < -0.4 is 24.8 Å². The molecule has 0 aliphatic heterocycles. The summed E-state index contributed by atoms with van der Waals surface area (Å²) in [5.41, 5.74) is 3.15. The van der Waals surface area contributed by atoms with Gasteiger partial charge in [-0.15, -0.1) is 0 Å². The smallest absolute Gasteiger partial charge is 0.213 e. The van der Waals surface area contributed by atoms with Crippen LogP contribution in [0.25, 0.3) is 0 Å². The average Bonchev–Trinajstić information content (AvgIpc) is 2.83. The van der Waals surface area contributed by atoms with Crippen LogP contribution in [0, 0.1) is 0 Å². The first-order chi connectivity index (χ1) is 15.2. The number of methoxy groups -OCH3 is 2. The van der Waals surface area contributed by atoms with Crippen LogP contribution in [-0.2, 0) is 19.7 Å². The van der Waals surface area contributed by atoms with Crippen molar-refractivity contribution in [1.29, 1.82) is 0 Å². The van der Waals surface area contributed by atoms with Crippen molar-refractivity contribution in [2.45, 2.75) is 19.7 Å². The largest absolute Gasteiger partial charge is 0.497 e. The highest BCUT2D eigenvalue weighted by Crippen LogP contribution is 2.24. The highest BCUT2D eigenvalue weighted by Gasteiger charge is 2.07. The minimum absolute atomic E-state index is 0.484. The van der Waals surface area contributed by atoms with Crippen LogP contribution in [0.5, 0.6) is 17.4 Å². The molecule has 0 spiro atoms. The number of ether oxygens (including phenoxy) is 3. The number of pyridine rings is 1. The van der Waals surface area contributed by atoms with Crippen LogP contribution in [0.1, 0.15) is 16.7 Å². The van der Waals surface area contributed by atoms with Crippen molar-refractivity contribution in [2.24, 2.45) is 4.99 Å². The maximum absolute atomic E-state index is 5.81. The number of guanidine groups is 1. The quantitative estimate of drug-likeness (QED) is 0.407. The molecule has 0 saturated heterocycles. The van der Waals surface area contributed by atoms with Crippen LogP contribution >= 0.6 is 0 Å². The highest BCUT2D eigenvalue weighted by atomic mass is 16.5. The molecule has 162 valence electrons. The summed E-state index contributed by atoms with van der Waals surface area (Å²) in [4.78, 5) is 8.58. The summed E-state index contributed by atoms with van der Waals surface area (Å²) < 4.78 is 16.5. The number of hydrogen-bond donors (Lipinski definition) is 2. The Morgan fingerprint density at radius 1 is 0.903 bits per heavy atom. The van der Waals surface area contributed by atoms with E-state index >= 15 is 0 Å². The van der Waals surface area contributed by atoms with Crippen molar-refractivity contribution in [3.63, 3.8) is 0 Å². The molecule has 1 heterocycles. The van der Waals surface area contributed by atoms with E-state index in [1.165, 1.54) is 0 Å². The van der Waals surface area contributed by atoms with Gasteiger partial charge in [0.2, 0.25) is 5.88 Å². The van der Waals surface area contributed by atoms with Gasteiger partial charge in [-0.1, -0.05) is 30.3 Å². The molecule has 0 amide bonds. The number of nitrogens with one attached hydrogen (secondary N) is 2. The van der Waals surface area contributed by atoms with Crippen molar-refractivity contribution in [1.82, 2.24) is 15.6 Å². The second-order valence-corrected chi connectivity index (χ2v) is 6.73. The zero-order valence-corrected chi connectivity index (χ0v) is 18.1. The summed E-state index contributed by atoms with van der Waals surface area (Å²) in [6.07, 6.45) is 1.75. The van der Waals surface area contributed by atoms with E-state index in [0.29, 0.717) is 31.5 Å². The zero-order chi connectivity index (χ0) is 21.9. The molecule has 2 aromatic carbocycles. The van der Waals surface area contributed by atoms with Crippen molar-refractivity contribution < 1.29 is 14.2 Å². The van der Waals surface area contributed by atoms with Gasteiger partial charge in [-0.05, 0) is 29.3 Å². The molecule has 0 radical (unpaired) electrons. The Kier molecular flexibility index (Phi) is 8.11. The lowest BCUT2D eigenvalue weighted by molar-refractivity contribution is 0.293. The monoisotopic (exact) mass is 420 g/mol. The molecule has 7 nitrogen and oxygen atoms in total. The van der Waals surface area contributed by atoms with E-state index in [-0.39, 0.29) is 0 Å². The minimum Gasteiger partial charge on any atom is -0.497 e. The molecule has 0 atom stereocenters. The predicted octanol–water partition coefficient (Wildman–Crippen LogP) is 3.54. The van der Waals surface area contributed by atoms with E-state index in [2.05, 4.69) is 20.6 Å². The van der Waals surface area contributed by atoms with E-state index in [0.717, 1.165) is 28.2 Å². The van der Waals surface area contributed by atoms with E-state index in [4.69, 9.17) is 14.2 Å². The van der Waals surface area contributed by atoms with Gasteiger partial charge in [-0.2, -0.15) is 0 Å². The van der Waals surface area contributed by atoms with Crippen molar-refractivity contribution in [3.8, 4) is 17.4 Å². The van der Waals surface area contributed by atoms with Crippen molar-refractivity contribution >= 4 is 5.96 Å². The standard InChI is InChI=1S/C24H28N4O3/c1-25-24(28-16-20-9-10-21(29-2)14-22(20)30-3)27-15-19-11-12-26-23(13-19)31-17-18-7-5-4-6-8-18/h4-14H,15-17H2,1-3H3,(H2,25,27,28). The van der Waals surface area contributed by atoms with Gasteiger partial charge < -0.3 is 24.8 Å². The molecule has 1 aromatic heterocycles. The second-order valence-electron chi connectivity index (χ2n) is 6.73. The lowest BCUT2D eigenvalue weighted by Gasteiger charge is -2.15. The zero-order valence-electron chi connectivity index (χ0n) is 18.1. The average molecular weight is 421 g/mol. The molecule has 3 aromatic rings. The van der Waals surface area contributed by atoms with Gasteiger partial charge in [-0.25, -0.2) is 4.98 Å². The second kappa shape index (κ2) is 11.4. The maximum Gasteiger partial charge on any atom is 0.213 e. The van der Waals surface area contributed by atoms with Crippen LogP contribution in [-0.4, -0.2) is 32.2 Å². The summed E-state index contributed by atoms with van der Waals surface area (Å²) in [6, 6.07) is 19.6. The fraction of sp³-hybridized carbons (Fsp3) is 0.250. The Morgan fingerprint density at radius 2 is 1.71 bits per heavy atom. The molecule has 0 aliphatic carbocycles. The van der Waals surface area contributed by atoms with E-state index in [1.54, 1.807) is 27.5 Å². The Labute approximate surface area is 183 Å². The van der Waals surface area contributed by atoms with Gasteiger partial charge in [0.25, 0.3) is 0 Å². The maximum atomic E-state index is 5.81. The third kappa shape index (κ3) is 6.64. The number of aromatic nitrogens is 1. The normalized spacial score (nSPS) is 11.0. The lowest BCUT2D eigenvalue weighted by atomic mass is 10.2. The first-order valence-electron chi connectivity index (χ1n) is 9.99. The Hall–Kier alpha value is -3.74. The molecule has 0 aliphatic rings. The molecule has 0 fully saturated rings. The third-order valence-corrected chi connectivity index (χ3v) is 4.65. The number of nitrogens with zero attached hydrogens (tertiary/aromatic N) is 2. The highest BCUT2D eigenvalue weighted by molar-refractivity contribution is 5.79. The molecule has 0 bridgehead atoms. The topological polar surface area (TPSA) is 77.0 Å². The summed E-state index contributed by atoms with van der Waals surface area (Å²) in [7, 11) is 5.02. The summed E-state index contributed by atoms with van der Waals surface area (Å²) in [5.74, 6) is 2.79. The molecule has 3 rings (SSSR count). The number of rotatable bonds is 9. The van der Waals surface area contributed by atoms with Crippen LogP contribution in [0.3, 0.4) is 0 Å². The number of aliphatic imine (C=N–C) groups is 1. The molecule has 0 saturated carbocycles. The first-order valence-corrected chi connectivity index (χ1v) is 9.99. The van der Waals surface area contributed by atoms with E-state index in [9.17, 15) is 0 Å². The SMILES string of the molecule is CN=C(NCc1ccnc(OCc2ccccc2)c1)NCc1ccc(OC)cc1OC. The Morgan fingerprint density at radius 3 is 2.45 bits per heavy atom. The van der Waals surface area contributed by atoms with E-state index in [1.807, 2.05) is 60.7 Å². The van der Waals surface area contributed by atoms with Gasteiger partial charge in [0.05, 0.1) is 14.2 Å². The van der Waals surface area contributed by atoms with Crippen LogP contribution in [0.2, 0.25) is 0 Å². The van der Waals surface area contributed by atoms with E-state index < -0.39 is 0 Å². The Balaban J connectivity index is 1.52. The van der Waals surface area contributed by atoms with Gasteiger partial charge in [0.15, 0.2) is 5.96 Å². The number of benzene rings is 2. The predicted molar refractivity (Wildman–Crippen MR) is 122 cm³/mol. The van der Waals surface area contributed by atoms with Crippen molar-refractivity contribution in [2.75, 3.05) is 21.3 Å². The molecule has 0 unspecified atom stereocenters. The van der Waals surface area contributed by atoms with Gasteiger partial charge in [-0.3, -0.25) is 4.99 Å². The molecule has 31 heavy (non-hydrogen) atoms. The molecule has 2 N–H and O–H groups in total. The Bertz CT molecular complexity index is 993. The van der Waals surface area contributed by atoms with Gasteiger partial charge in [0.1, 0.15) is 18.1 Å². The number of hydrogen-bond acceptors (Lipinski definition) is 5. The van der Waals surface area contributed by atoms with Gasteiger partial charge in [0, 0.05) is 44.0 Å². The fourth-order valence-electron chi connectivity index (χ4n) is 2.95. The van der Waals surface area contributed by atoms with Crippen LogP contribution in [0.4, 0.5) is 0 Å². The van der Waals surface area contributed by atoms with Gasteiger partial charge >= 0.3 is 0 Å². The molecule has 7 heteroatoms. The summed E-state index contributed by atoms with van der Waals surface area (Å²) >= 11 is 0. The first kappa shape index (κ1) is 22.0. The fourth-order valence-corrected chi connectivity index (χ4v) is 2.95. The van der Waals surface area contributed by atoms with Crippen LogP contribution in [0.15, 0.2) is 71.9 Å². The molecular formula is C24H28N4O3. The summed E-state index contributed by atoms with van der Waals surface area (Å²) in [6.45, 7) is 1.63.